The number of nitro benzene ring substituents is 1. The van der Waals surface area contributed by atoms with E-state index < -0.39 is 15.6 Å². The standard InChI is InChI=1S/C16H14ClNO3/c1-16(15(17)19,11-12-6-3-2-4-7-12)13-8-5-9-14(10-13)18(20)21/h2-10H,11H2,1H3. The zero-order valence-corrected chi connectivity index (χ0v) is 12.2. The quantitative estimate of drug-likeness (QED) is 0.479. The summed E-state index contributed by atoms with van der Waals surface area (Å²) in [7, 11) is 0. The minimum Gasteiger partial charge on any atom is -0.280 e. The first-order chi connectivity index (χ1) is 9.93. The van der Waals surface area contributed by atoms with Gasteiger partial charge >= 0.3 is 0 Å². The van der Waals surface area contributed by atoms with E-state index in [0.717, 1.165) is 5.56 Å². The molecule has 0 radical (unpaired) electrons. The summed E-state index contributed by atoms with van der Waals surface area (Å²) in [4.78, 5) is 22.4. The Bertz CT molecular complexity index is 672. The first-order valence-electron chi connectivity index (χ1n) is 6.42. The summed E-state index contributed by atoms with van der Waals surface area (Å²) in [6, 6.07) is 15.5. The molecule has 0 saturated heterocycles. The monoisotopic (exact) mass is 303 g/mol. The summed E-state index contributed by atoms with van der Waals surface area (Å²) in [5.74, 6) is 0. The Balaban J connectivity index is 2.45. The zero-order valence-electron chi connectivity index (χ0n) is 11.5. The molecule has 0 amide bonds. The van der Waals surface area contributed by atoms with Crippen LogP contribution >= 0.6 is 11.6 Å². The Morgan fingerprint density at radius 1 is 1.19 bits per heavy atom. The van der Waals surface area contributed by atoms with E-state index in [1.165, 1.54) is 12.1 Å². The Kier molecular flexibility index (Phi) is 4.38. The highest BCUT2D eigenvalue weighted by Gasteiger charge is 2.35. The lowest BCUT2D eigenvalue weighted by Gasteiger charge is -2.26. The van der Waals surface area contributed by atoms with Crippen LogP contribution in [0.4, 0.5) is 5.69 Å². The van der Waals surface area contributed by atoms with E-state index in [4.69, 9.17) is 11.6 Å². The van der Waals surface area contributed by atoms with Crippen molar-refractivity contribution in [2.75, 3.05) is 0 Å². The zero-order chi connectivity index (χ0) is 15.5. The van der Waals surface area contributed by atoms with Crippen molar-refractivity contribution in [2.45, 2.75) is 18.8 Å². The minimum absolute atomic E-state index is 0.0512. The lowest BCUT2D eigenvalue weighted by Crippen LogP contribution is -2.31. The predicted molar refractivity (Wildman–Crippen MR) is 81.5 cm³/mol. The molecule has 1 atom stereocenters. The van der Waals surface area contributed by atoms with Gasteiger partial charge < -0.3 is 0 Å². The molecule has 2 aromatic carbocycles. The second kappa shape index (κ2) is 6.06. The average Bonchev–Trinajstić information content (AvgIpc) is 2.48. The van der Waals surface area contributed by atoms with Crippen LogP contribution in [0.5, 0.6) is 0 Å². The largest absolute Gasteiger partial charge is 0.280 e. The molecule has 0 aliphatic rings. The Morgan fingerprint density at radius 2 is 1.86 bits per heavy atom. The van der Waals surface area contributed by atoms with Crippen LogP contribution in [0.15, 0.2) is 54.6 Å². The maximum Gasteiger partial charge on any atom is 0.269 e. The molecule has 21 heavy (non-hydrogen) atoms. The summed E-state index contributed by atoms with van der Waals surface area (Å²) >= 11 is 5.79. The smallest absolute Gasteiger partial charge is 0.269 e. The molecule has 0 aromatic heterocycles. The van der Waals surface area contributed by atoms with Crippen molar-refractivity contribution >= 4 is 22.5 Å². The van der Waals surface area contributed by atoms with Gasteiger partial charge in [0.05, 0.1) is 10.3 Å². The molecular weight excluding hydrogens is 290 g/mol. The molecule has 108 valence electrons. The third kappa shape index (κ3) is 3.28. The van der Waals surface area contributed by atoms with Gasteiger partial charge in [0.2, 0.25) is 5.24 Å². The number of hydrogen-bond acceptors (Lipinski definition) is 3. The molecule has 0 N–H and O–H groups in total. The van der Waals surface area contributed by atoms with Crippen LogP contribution in [0.1, 0.15) is 18.1 Å². The van der Waals surface area contributed by atoms with Crippen molar-refractivity contribution < 1.29 is 9.72 Å². The highest BCUT2D eigenvalue weighted by Crippen LogP contribution is 2.32. The van der Waals surface area contributed by atoms with Gasteiger partial charge in [0, 0.05) is 12.1 Å². The lowest BCUT2D eigenvalue weighted by atomic mass is 9.78. The predicted octanol–water partition coefficient (Wildman–Crippen LogP) is 3.86. The van der Waals surface area contributed by atoms with E-state index in [-0.39, 0.29) is 5.69 Å². The second-order valence-electron chi connectivity index (χ2n) is 5.08. The Morgan fingerprint density at radius 3 is 2.43 bits per heavy atom. The van der Waals surface area contributed by atoms with Crippen molar-refractivity contribution in [3.63, 3.8) is 0 Å². The number of carbonyl (C=O) groups excluding carboxylic acids is 1. The molecule has 0 aliphatic carbocycles. The topological polar surface area (TPSA) is 60.2 Å². The van der Waals surface area contributed by atoms with Gasteiger partial charge in [0.15, 0.2) is 0 Å². The Labute approximate surface area is 127 Å². The molecule has 0 aliphatic heterocycles. The SMILES string of the molecule is CC(Cc1ccccc1)(C(=O)Cl)c1cccc([N+](=O)[O-])c1. The summed E-state index contributed by atoms with van der Waals surface area (Å²) < 4.78 is 0. The number of hydrogen-bond donors (Lipinski definition) is 0. The van der Waals surface area contributed by atoms with Crippen molar-refractivity contribution in [3.8, 4) is 0 Å². The van der Waals surface area contributed by atoms with Gasteiger partial charge in [0.25, 0.3) is 5.69 Å². The average molecular weight is 304 g/mol. The van der Waals surface area contributed by atoms with Gasteiger partial charge in [0.1, 0.15) is 0 Å². The summed E-state index contributed by atoms with van der Waals surface area (Å²) in [6.45, 7) is 1.70. The Hall–Kier alpha value is -2.20. The van der Waals surface area contributed by atoms with Crippen molar-refractivity contribution in [2.24, 2.45) is 0 Å². The number of benzene rings is 2. The molecule has 0 bridgehead atoms. The second-order valence-corrected chi connectivity index (χ2v) is 5.42. The van der Waals surface area contributed by atoms with Crippen LogP contribution in [-0.2, 0) is 16.6 Å². The fourth-order valence-electron chi connectivity index (χ4n) is 2.25. The number of rotatable bonds is 5. The third-order valence-electron chi connectivity index (χ3n) is 3.53. The van der Waals surface area contributed by atoms with E-state index in [9.17, 15) is 14.9 Å². The van der Waals surface area contributed by atoms with Crippen molar-refractivity contribution in [3.05, 3.63) is 75.8 Å². The van der Waals surface area contributed by atoms with Gasteiger partial charge in [-0.3, -0.25) is 14.9 Å². The van der Waals surface area contributed by atoms with E-state index in [1.54, 1.807) is 19.1 Å². The molecule has 2 aromatic rings. The van der Waals surface area contributed by atoms with E-state index in [1.807, 2.05) is 30.3 Å². The minimum atomic E-state index is -1.01. The molecule has 0 spiro atoms. The molecule has 5 heteroatoms. The van der Waals surface area contributed by atoms with Crippen LogP contribution in [0.25, 0.3) is 0 Å². The maximum absolute atomic E-state index is 11.9. The van der Waals surface area contributed by atoms with E-state index in [0.29, 0.717) is 12.0 Å². The van der Waals surface area contributed by atoms with Crippen LogP contribution in [-0.4, -0.2) is 10.2 Å². The van der Waals surface area contributed by atoms with Gasteiger partial charge in [-0.05, 0) is 36.1 Å². The third-order valence-corrected chi connectivity index (χ3v) is 3.95. The lowest BCUT2D eigenvalue weighted by molar-refractivity contribution is -0.384. The number of nitrogens with zero attached hydrogens (tertiary/aromatic N) is 1. The summed E-state index contributed by atoms with van der Waals surface area (Å²) in [5.41, 5.74) is 0.431. The normalized spacial score (nSPS) is 13.4. The maximum atomic E-state index is 11.9. The van der Waals surface area contributed by atoms with Gasteiger partial charge in [-0.25, -0.2) is 0 Å². The molecule has 0 heterocycles. The molecule has 0 saturated carbocycles. The highest BCUT2D eigenvalue weighted by atomic mass is 35.5. The fraction of sp³-hybridized carbons (Fsp3) is 0.188. The summed E-state index contributed by atoms with van der Waals surface area (Å²) in [5, 5.41) is 10.4. The molecule has 2 rings (SSSR count). The van der Waals surface area contributed by atoms with E-state index in [2.05, 4.69) is 0 Å². The first-order valence-corrected chi connectivity index (χ1v) is 6.80. The van der Waals surface area contributed by atoms with Gasteiger partial charge in [-0.1, -0.05) is 42.5 Å². The highest BCUT2D eigenvalue weighted by molar-refractivity contribution is 6.65. The number of halogens is 1. The summed E-state index contributed by atoms with van der Waals surface area (Å²) in [6.07, 6.45) is 0.386. The van der Waals surface area contributed by atoms with Crippen LogP contribution in [0.2, 0.25) is 0 Å². The molecule has 1 unspecified atom stereocenters. The molecular formula is C16H14ClNO3. The van der Waals surface area contributed by atoms with Gasteiger partial charge in [-0.2, -0.15) is 0 Å². The van der Waals surface area contributed by atoms with E-state index >= 15 is 0 Å². The van der Waals surface area contributed by atoms with Crippen LogP contribution < -0.4 is 0 Å². The van der Waals surface area contributed by atoms with Crippen molar-refractivity contribution in [1.29, 1.82) is 0 Å². The van der Waals surface area contributed by atoms with Crippen LogP contribution in [0, 0.1) is 10.1 Å². The van der Waals surface area contributed by atoms with Crippen molar-refractivity contribution in [1.82, 2.24) is 0 Å². The van der Waals surface area contributed by atoms with Crippen LogP contribution in [0.3, 0.4) is 0 Å². The number of carbonyl (C=O) groups is 1. The fourth-order valence-corrected chi connectivity index (χ4v) is 2.43. The molecule has 0 fully saturated rings. The number of non-ortho nitro benzene ring substituents is 1. The number of nitro groups is 1. The molecule has 4 nitrogen and oxygen atoms in total. The first kappa shape index (κ1) is 15.2. The van der Waals surface area contributed by atoms with Gasteiger partial charge in [-0.15, -0.1) is 0 Å².